The zero-order chi connectivity index (χ0) is 23.2. The fraction of sp³-hybridized carbons (Fsp3) is 0.222. The lowest BCUT2D eigenvalue weighted by molar-refractivity contribution is -0.113. The van der Waals surface area contributed by atoms with E-state index in [4.69, 9.17) is 4.98 Å². The van der Waals surface area contributed by atoms with E-state index >= 15 is 0 Å². The highest BCUT2D eigenvalue weighted by Crippen LogP contribution is 2.22. The van der Waals surface area contributed by atoms with Gasteiger partial charge in [0, 0.05) is 12.2 Å². The normalized spacial score (nSPS) is 11.0. The van der Waals surface area contributed by atoms with Crippen LogP contribution in [0.25, 0.3) is 10.9 Å². The minimum atomic E-state index is -0.115. The van der Waals surface area contributed by atoms with Crippen molar-refractivity contribution in [3.63, 3.8) is 0 Å². The molecule has 0 unspecified atom stereocenters. The van der Waals surface area contributed by atoms with Gasteiger partial charge in [-0.25, -0.2) is 4.98 Å². The first-order valence-corrected chi connectivity index (χ1v) is 12.0. The third-order valence-corrected chi connectivity index (χ3v) is 6.57. The van der Waals surface area contributed by atoms with Crippen molar-refractivity contribution < 1.29 is 4.79 Å². The summed E-state index contributed by atoms with van der Waals surface area (Å²) in [6.45, 7) is 4.50. The largest absolute Gasteiger partial charge is 0.325 e. The molecule has 33 heavy (non-hydrogen) atoms. The molecule has 5 nitrogen and oxygen atoms in total. The molecule has 0 radical (unpaired) electrons. The molecule has 0 aliphatic rings. The Balaban J connectivity index is 1.53. The summed E-state index contributed by atoms with van der Waals surface area (Å²) >= 11 is 1.30. The second-order valence-corrected chi connectivity index (χ2v) is 9.00. The van der Waals surface area contributed by atoms with Gasteiger partial charge in [-0.1, -0.05) is 72.4 Å². The van der Waals surface area contributed by atoms with E-state index < -0.39 is 0 Å². The molecule has 0 atom stereocenters. The highest BCUT2D eigenvalue weighted by atomic mass is 32.2. The molecule has 3 aromatic carbocycles. The molecule has 0 saturated heterocycles. The molecule has 0 aliphatic carbocycles. The average Bonchev–Trinajstić information content (AvgIpc) is 2.82. The number of benzene rings is 3. The Hall–Kier alpha value is -3.38. The number of thioether (sulfide) groups is 1. The summed E-state index contributed by atoms with van der Waals surface area (Å²) in [6, 6.07) is 23.5. The van der Waals surface area contributed by atoms with Crippen LogP contribution in [0.15, 0.2) is 82.7 Å². The summed E-state index contributed by atoms with van der Waals surface area (Å²) in [6.07, 6.45) is 1.68. The Labute approximate surface area is 197 Å². The van der Waals surface area contributed by atoms with Crippen LogP contribution in [0.5, 0.6) is 0 Å². The fourth-order valence-corrected chi connectivity index (χ4v) is 4.68. The SMILES string of the molecule is Cc1cccc(C)c1NC(=O)CSc1nc2ccccc2c(=O)n1CCCc1ccccc1. The molecule has 6 heteroatoms. The highest BCUT2D eigenvalue weighted by Gasteiger charge is 2.14. The van der Waals surface area contributed by atoms with Gasteiger partial charge in [0.15, 0.2) is 5.16 Å². The third-order valence-electron chi connectivity index (χ3n) is 5.59. The number of carbonyl (C=O) groups is 1. The highest BCUT2D eigenvalue weighted by molar-refractivity contribution is 7.99. The zero-order valence-electron chi connectivity index (χ0n) is 18.9. The van der Waals surface area contributed by atoms with Gasteiger partial charge in [-0.3, -0.25) is 14.2 Å². The van der Waals surface area contributed by atoms with E-state index in [0.717, 1.165) is 29.7 Å². The first-order valence-electron chi connectivity index (χ1n) is 11.1. The zero-order valence-corrected chi connectivity index (χ0v) is 19.7. The fourth-order valence-electron chi connectivity index (χ4n) is 3.86. The van der Waals surface area contributed by atoms with Crippen LogP contribution < -0.4 is 10.9 Å². The van der Waals surface area contributed by atoms with Gasteiger partial charge in [-0.15, -0.1) is 0 Å². The van der Waals surface area contributed by atoms with E-state index in [2.05, 4.69) is 17.4 Å². The van der Waals surface area contributed by atoms with Crippen LogP contribution in [0.3, 0.4) is 0 Å². The summed E-state index contributed by atoms with van der Waals surface area (Å²) in [5, 5.41) is 4.18. The van der Waals surface area contributed by atoms with Gasteiger partial charge in [-0.05, 0) is 55.5 Å². The summed E-state index contributed by atoms with van der Waals surface area (Å²) < 4.78 is 1.71. The molecule has 1 aromatic heterocycles. The van der Waals surface area contributed by atoms with Crippen LogP contribution >= 0.6 is 11.8 Å². The molecular weight excluding hydrogens is 430 g/mol. The van der Waals surface area contributed by atoms with Crippen LogP contribution in [-0.2, 0) is 17.8 Å². The van der Waals surface area contributed by atoms with Crippen molar-refractivity contribution in [1.29, 1.82) is 0 Å². The van der Waals surface area contributed by atoms with Gasteiger partial charge >= 0.3 is 0 Å². The van der Waals surface area contributed by atoms with Gasteiger partial charge in [0.25, 0.3) is 5.56 Å². The van der Waals surface area contributed by atoms with E-state index in [1.165, 1.54) is 17.3 Å². The first-order chi connectivity index (χ1) is 16.0. The predicted molar refractivity (Wildman–Crippen MR) is 136 cm³/mol. The molecule has 4 aromatic rings. The number of nitrogens with one attached hydrogen (secondary N) is 1. The van der Waals surface area contributed by atoms with Crippen LogP contribution in [0.4, 0.5) is 5.69 Å². The lowest BCUT2D eigenvalue weighted by atomic mass is 10.1. The maximum absolute atomic E-state index is 13.2. The molecule has 0 bridgehead atoms. The summed E-state index contributed by atoms with van der Waals surface area (Å²) in [5.41, 5.74) is 4.71. The monoisotopic (exact) mass is 457 g/mol. The van der Waals surface area contributed by atoms with Crippen molar-refractivity contribution in [2.45, 2.75) is 38.4 Å². The summed E-state index contributed by atoms with van der Waals surface area (Å²) in [5.74, 6) is 0.0627. The second kappa shape index (κ2) is 10.5. The van der Waals surface area contributed by atoms with E-state index in [9.17, 15) is 9.59 Å². The Kier molecular flexibility index (Phi) is 7.25. The molecule has 1 amide bonds. The van der Waals surface area contributed by atoms with Crippen LogP contribution in [0, 0.1) is 13.8 Å². The Morgan fingerprint density at radius 1 is 0.939 bits per heavy atom. The second-order valence-electron chi connectivity index (χ2n) is 8.06. The standard InChI is InChI=1S/C27H27N3O2S/c1-19-10-8-11-20(2)25(19)29-24(31)18-33-27-28-23-16-7-6-15-22(23)26(32)30(27)17-9-14-21-12-4-3-5-13-21/h3-8,10-13,15-16H,9,14,17-18H2,1-2H3,(H,29,31). The van der Waals surface area contributed by atoms with Crippen LogP contribution in [0.1, 0.15) is 23.1 Å². The molecule has 1 heterocycles. The van der Waals surface area contributed by atoms with Gasteiger partial charge in [-0.2, -0.15) is 0 Å². The number of fused-ring (bicyclic) bond motifs is 1. The first kappa shape index (κ1) is 22.8. The molecule has 168 valence electrons. The molecular formula is C27H27N3O2S. The number of hydrogen-bond donors (Lipinski definition) is 1. The molecule has 4 rings (SSSR count). The Morgan fingerprint density at radius 2 is 1.64 bits per heavy atom. The quantitative estimate of drug-likeness (QED) is 0.285. The number of anilines is 1. The minimum absolute atomic E-state index is 0.0636. The summed E-state index contributed by atoms with van der Waals surface area (Å²) in [7, 11) is 0. The van der Waals surface area contributed by atoms with Gasteiger partial charge in [0.2, 0.25) is 5.91 Å². The number of rotatable bonds is 8. The smallest absolute Gasteiger partial charge is 0.262 e. The average molecular weight is 458 g/mol. The van der Waals surface area contributed by atoms with Crippen molar-refractivity contribution in [3.8, 4) is 0 Å². The Morgan fingerprint density at radius 3 is 2.39 bits per heavy atom. The number of para-hydroxylation sites is 2. The molecule has 0 spiro atoms. The summed E-state index contributed by atoms with van der Waals surface area (Å²) in [4.78, 5) is 30.6. The van der Waals surface area contributed by atoms with Crippen LogP contribution in [-0.4, -0.2) is 21.2 Å². The van der Waals surface area contributed by atoms with Crippen molar-refractivity contribution in [2.75, 3.05) is 11.1 Å². The van der Waals surface area contributed by atoms with Crippen molar-refractivity contribution >= 4 is 34.3 Å². The van der Waals surface area contributed by atoms with Crippen molar-refractivity contribution in [2.24, 2.45) is 0 Å². The number of aryl methyl sites for hydroxylation is 3. The third kappa shape index (κ3) is 5.52. The maximum atomic E-state index is 13.2. The number of carbonyl (C=O) groups excluding carboxylic acids is 1. The van der Waals surface area contributed by atoms with Crippen molar-refractivity contribution in [1.82, 2.24) is 9.55 Å². The number of hydrogen-bond acceptors (Lipinski definition) is 4. The number of amides is 1. The predicted octanol–water partition coefficient (Wildman–Crippen LogP) is 5.38. The van der Waals surface area contributed by atoms with E-state index in [0.29, 0.717) is 22.6 Å². The number of nitrogens with zero attached hydrogens (tertiary/aromatic N) is 2. The molecule has 1 N–H and O–H groups in total. The van der Waals surface area contributed by atoms with Gasteiger partial charge in [0.05, 0.1) is 16.7 Å². The maximum Gasteiger partial charge on any atom is 0.262 e. The Bertz CT molecular complexity index is 1310. The molecule has 0 saturated carbocycles. The van der Waals surface area contributed by atoms with E-state index in [1.807, 2.05) is 68.4 Å². The lowest BCUT2D eigenvalue weighted by Gasteiger charge is -2.14. The van der Waals surface area contributed by atoms with Crippen molar-refractivity contribution in [3.05, 3.63) is 99.8 Å². The van der Waals surface area contributed by atoms with E-state index in [1.54, 1.807) is 10.6 Å². The topological polar surface area (TPSA) is 64.0 Å². The van der Waals surface area contributed by atoms with E-state index in [-0.39, 0.29) is 17.2 Å². The van der Waals surface area contributed by atoms with Gasteiger partial charge < -0.3 is 5.32 Å². The molecule has 0 fully saturated rings. The number of aromatic nitrogens is 2. The van der Waals surface area contributed by atoms with Gasteiger partial charge in [0.1, 0.15) is 0 Å². The van der Waals surface area contributed by atoms with Crippen LogP contribution in [0.2, 0.25) is 0 Å². The lowest BCUT2D eigenvalue weighted by Crippen LogP contribution is -2.24. The minimum Gasteiger partial charge on any atom is -0.325 e. The molecule has 0 aliphatic heterocycles.